The highest BCUT2D eigenvalue weighted by Crippen LogP contribution is 2.26. The first-order valence-electron chi connectivity index (χ1n) is 8.83. The Morgan fingerprint density at radius 2 is 2.04 bits per heavy atom. The zero-order valence-electron chi connectivity index (χ0n) is 15.0. The van der Waals surface area contributed by atoms with Crippen LogP contribution in [0.5, 0.6) is 0 Å². The van der Waals surface area contributed by atoms with Crippen LogP contribution >= 0.6 is 46.9 Å². The van der Waals surface area contributed by atoms with Crippen molar-refractivity contribution in [3.8, 4) is 0 Å². The van der Waals surface area contributed by atoms with Gasteiger partial charge in [0, 0.05) is 24.0 Å². The molecule has 0 bridgehead atoms. The summed E-state index contributed by atoms with van der Waals surface area (Å²) in [5, 5.41) is 16.7. The van der Waals surface area contributed by atoms with Gasteiger partial charge in [-0.3, -0.25) is 9.89 Å². The van der Waals surface area contributed by atoms with E-state index in [4.69, 9.17) is 16.6 Å². The van der Waals surface area contributed by atoms with Crippen LogP contribution in [0, 0.1) is 0 Å². The Morgan fingerprint density at radius 1 is 1.32 bits per heavy atom. The van der Waals surface area contributed by atoms with Crippen molar-refractivity contribution in [1.82, 2.24) is 15.5 Å². The lowest BCUT2D eigenvalue weighted by Gasteiger charge is -2.25. The Balaban J connectivity index is 0.00000312. The monoisotopic (exact) mass is 500 g/mol. The second-order valence-corrected chi connectivity index (χ2v) is 7.81. The van der Waals surface area contributed by atoms with Crippen molar-refractivity contribution >= 4 is 52.9 Å². The van der Waals surface area contributed by atoms with Crippen LogP contribution < -0.4 is 10.6 Å². The van der Waals surface area contributed by atoms with E-state index in [1.54, 1.807) is 0 Å². The molecule has 0 spiro atoms. The summed E-state index contributed by atoms with van der Waals surface area (Å²) in [4.78, 5) is 8.12. The number of hydrogen-bond donors (Lipinski definition) is 3. The SMILES string of the molecule is CCNC(=NCC(CC)N1CCCC1)NCC(O)c1ccc(Cl)s1.I. The molecule has 1 aromatic heterocycles. The lowest BCUT2D eigenvalue weighted by atomic mass is 10.2. The summed E-state index contributed by atoms with van der Waals surface area (Å²) < 4.78 is 0.695. The van der Waals surface area contributed by atoms with Gasteiger partial charge in [-0.15, -0.1) is 35.3 Å². The van der Waals surface area contributed by atoms with Gasteiger partial charge in [-0.1, -0.05) is 18.5 Å². The van der Waals surface area contributed by atoms with Gasteiger partial charge in [0.05, 0.1) is 10.9 Å². The fraction of sp³-hybridized carbons (Fsp3) is 0.706. The average molecular weight is 501 g/mol. The molecule has 5 nitrogen and oxygen atoms in total. The number of halogens is 2. The van der Waals surface area contributed by atoms with Gasteiger partial charge in [0.2, 0.25) is 0 Å². The standard InChI is InChI=1S/C17H29ClN4OS.HI/c1-3-13(22-9-5-6-10-22)11-20-17(19-4-2)21-12-14(23)15-7-8-16(18)24-15;/h7-8,13-14,23H,3-6,9-12H2,1-2H3,(H2,19,20,21);1H. The number of aliphatic hydroxyl groups excluding tert-OH is 1. The van der Waals surface area contributed by atoms with Crippen molar-refractivity contribution in [2.24, 2.45) is 4.99 Å². The van der Waals surface area contributed by atoms with Crippen LogP contribution in [0.1, 0.15) is 44.1 Å². The van der Waals surface area contributed by atoms with Crippen molar-refractivity contribution in [1.29, 1.82) is 0 Å². The molecule has 25 heavy (non-hydrogen) atoms. The van der Waals surface area contributed by atoms with Crippen LogP contribution in [0.3, 0.4) is 0 Å². The smallest absolute Gasteiger partial charge is 0.191 e. The maximum atomic E-state index is 10.2. The molecule has 2 rings (SSSR count). The van der Waals surface area contributed by atoms with Gasteiger partial charge >= 0.3 is 0 Å². The Labute approximate surface area is 177 Å². The van der Waals surface area contributed by atoms with Crippen LogP contribution in [0.2, 0.25) is 4.34 Å². The fourth-order valence-corrected chi connectivity index (χ4v) is 4.00. The third-order valence-corrected chi connectivity index (χ3v) is 5.65. The minimum absolute atomic E-state index is 0. The molecule has 2 atom stereocenters. The molecule has 1 saturated heterocycles. The molecule has 0 aliphatic carbocycles. The summed E-state index contributed by atoms with van der Waals surface area (Å²) >= 11 is 7.33. The third-order valence-electron chi connectivity index (χ3n) is 4.32. The maximum absolute atomic E-state index is 10.2. The van der Waals surface area contributed by atoms with E-state index in [1.165, 1.54) is 37.3 Å². The molecule has 8 heteroatoms. The van der Waals surface area contributed by atoms with E-state index in [1.807, 2.05) is 19.1 Å². The minimum Gasteiger partial charge on any atom is -0.386 e. The average Bonchev–Trinajstić information content (AvgIpc) is 3.24. The zero-order valence-corrected chi connectivity index (χ0v) is 18.9. The molecule has 1 aliphatic rings. The van der Waals surface area contributed by atoms with Gasteiger partial charge in [0.15, 0.2) is 5.96 Å². The summed E-state index contributed by atoms with van der Waals surface area (Å²) in [7, 11) is 0. The van der Waals surface area contributed by atoms with Gasteiger partial charge in [-0.2, -0.15) is 0 Å². The quantitative estimate of drug-likeness (QED) is 0.291. The Kier molecular flexibility index (Phi) is 11.3. The fourth-order valence-electron chi connectivity index (χ4n) is 2.95. The summed E-state index contributed by atoms with van der Waals surface area (Å²) in [5.74, 6) is 0.761. The van der Waals surface area contributed by atoms with Crippen molar-refractivity contribution < 1.29 is 5.11 Å². The van der Waals surface area contributed by atoms with Crippen molar-refractivity contribution in [2.45, 2.75) is 45.3 Å². The molecule has 0 radical (unpaired) electrons. The topological polar surface area (TPSA) is 59.9 Å². The third kappa shape index (κ3) is 7.58. The molecule has 144 valence electrons. The van der Waals surface area contributed by atoms with Gasteiger partial charge in [0.25, 0.3) is 0 Å². The molecule has 1 aliphatic heterocycles. The van der Waals surface area contributed by atoms with Crippen LogP contribution in [0.15, 0.2) is 17.1 Å². The summed E-state index contributed by atoms with van der Waals surface area (Å²) in [5.41, 5.74) is 0. The van der Waals surface area contributed by atoms with E-state index < -0.39 is 6.10 Å². The Morgan fingerprint density at radius 3 is 2.60 bits per heavy atom. The van der Waals surface area contributed by atoms with Gasteiger partial charge in [-0.05, 0) is 51.4 Å². The maximum Gasteiger partial charge on any atom is 0.191 e. The Hall–Kier alpha value is -0.0900. The van der Waals surface area contributed by atoms with Crippen LogP contribution in [0.25, 0.3) is 0 Å². The van der Waals surface area contributed by atoms with E-state index in [9.17, 15) is 5.11 Å². The summed E-state index contributed by atoms with van der Waals surface area (Å²) in [6.45, 7) is 8.66. The van der Waals surface area contributed by atoms with Crippen LogP contribution in [-0.4, -0.2) is 54.7 Å². The number of aliphatic hydroxyl groups is 1. The molecule has 2 heterocycles. The van der Waals surface area contributed by atoms with E-state index in [-0.39, 0.29) is 24.0 Å². The Bertz CT molecular complexity index is 523. The number of guanidine groups is 1. The lowest BCUT2D eigenvalue weighted by Crippen LogP contribution is -2.41. The van der Waals surface area contributed by atoms with Gasteiger partial charge in [-0.25, -0.2) is 0 Å². The molecule has 0 aromatic carbocycles. The van der Waals surface area contributed by atoms with E-state index in [0.29, 0.717) is 16.9 Å². The highest BCUT2D eigenvalue weighted by molar-refractivity contribution is 14.0. The molecular weight excluding hydrogens is 471 g/mol. The first-order valence-corrected chi connectivity index (χ1v) is 10.0. The molecular formula is C17H30ClIN4OS. The normalized spacial score (nSPS) is 17.8. The molecule has 2 unspecified atom stereocenters. The van der Waals surface area contributed by atoms with Gasteiger partial charge in [0.1, 0.15) is 6.10 Å². The number of thiophene rings is 1. The predicted molar refractivity (Wildman–Crippen MR) is 119 cm³/mol. The largest absolute Gasteiger partial charge is 0.386 e. The second-order valence-electron chi connectivity index (χ2n) is 6.06. The number of hydrogen-bond acceptors (Lipinski definition) is 4. The van der Waals surface area contributed by atoms with E-state index in [0.717, 1.165) is 30.3 Å². The number of likely N-dealkylation sites (tertiary alicyclic amines) is 1. The predicted octanol–water partition coefficient (Wildman–Crippen LogP) is 3.48. The molecule has 1 fully saturated rings. The van der Waals surface area contributed by atoms with Gasteiger partial charge < -0.3 is 15.7 Å². The molecule has 0 amide bonds. The van der Waals surface area contributed by atoms with E-state index in [2.05, 4.69) is 22.5 Å². The summed E-state index contributed by atoms with van der Waals surface area (Å²) in [6.07, 6.45) is 3.13. The zero-order chi connectivity index (χ0) is 17.4. The van der Waals surface area contributed by atoms with E-state index >= 15 is 0 Å². The number of aliphatic imine (C=N–C) groups is 1. The first kappa shape index (κ1) is 23.0. The van der Waals surface area contributed by atoms with Crippen LogP contribution in [-0.2, 0) is 0 Å². The first-order chi connectivity index (χ1) is 11.6. The number of rotatable bonds is 8. The highest BCUT2D eigenvalue weighted by Gasteiger charge is 2.20. The van der Waals surface area contributed by atoms with Crippen molar-refractivity contribution in [3.63, 3.8) is 0 Å². The lowest BCUT2D eigenvalue weighted by molar-refractivity contribution is 0.184. The molecule has 1 aromatic rings. The highest BCUT2D eigenvalue weighted by atomic mass is 127. The van der Waals surface area contributed by atoms with Crippen LogP contribution in [0.4, 0.5) is 0 Å². The minimum atomic E-state index is -0.577. The van der Waals surface area contributed by atoms with Crippen molar-refractivity contribution in [2.75, 3.05) is 32.7 Å². The molecule has 0 saturated carbocycles. The molecule has 3 N–H and O–H groups in total. The number of nitrogens with one attached hydrogen (secondary N) is 2. The second kappa shape index (κ2) is 12.3. The summed E-state index contributed by atoms with van der Waals surface area (Å²) in [6, 6.07) is 4.18. The number of nitrogens with zero attached hydrogens (tertiary/aromatic N) is 2. The van der Waals surface area contributed by atoms with Crippen molar-refractivity contribution in [3.05, 3.63) is 21.3 Å².